The van der Waals surface area contributed by atoms with E-state index in [9.17, 15) is 4.79 Å². The average molecular weight is 285 g/mol. The molecule has 4 heteroatoms. The van der Waals surface area contributed by atoms with Gasteiger partial charge >= 0.3 is 5.97 Å². The van der Waals surface area contributed by atoms with E-state index >= 15 is 0 Å². The highest BCUT2D eigenvalue weighted by molar-refractivity contribution is 7.16. The Morgan fingerprint density at radius 3 is 2.90 bits per heavy atom. The predicted molar refractivity (Wildman–Crippen MR) is 80.9 cm³/mol. The molecule has 1 saturated carbocycles. The van der Waals surface area contributed by atoms with Gasteiger partial charge < -0.3 is 5.11 Å². The molecule has 0 bridgehead atoms. The van der Waals surface area contributed by atoms with Gasteiger partial charge in [-0.2, -0.15) is 0 Å². The summed E-state index contributed by atoms with van der Waals surface area (Å²) in [5.41, 5.74) is 3.36. The topological polar surface area (TPSA) is 50.2 Å². The van der Waals surface area contributed by atoms with Gasteiger partial charge in [-0.3, -0.25) is 0 Å². The lowest BCUT2D eigenvalue weighted by molar-refractivity contribution is -0.131. The molecule has 20 heavy (non-hydrogen) atoms. The van der Waals surface area contributed by atoms with Gasteiger partial charge in [0.25, 0.3) is 0 Å². The smallest absolute Gasteiger partial charge is 0.328 e. The van der Waals surface area contributed by atoms with E-state index < -0.39 is 5.97 Å². The highest BCUT2D eigenvalue weighted by atomic mass is 32.1. The number of carbonyl (C=O) groups is 1. The molecule has 0 saturated heterocycles. The number of aliphatic carboxylic acids is 1. The summed E-state index contributed by atoms with van der Waals surface area (Å²) < 4.78 is 0. The van der Waals surface area contributed by atoms with Crippen LogP contribution >= 0.6 is 11.3 Å². The number of hydrogen-bond donors (Lipinski definition) is 1. The fourth-order valence-corrected chi connectivity index (χ4v) is 3.21. The third-order valence-corrected chi connectivity index (χ3v) is 4.37. The molecule has 102 valence electrons. The van der Waals surface area contributed by atoms with Gasteiger partial charge in [-0.15, -0.1) is 11.3 Å². The first-order valence-corrected chi connectivity index (χ1v) is 7.44. The zero-order valence-corrected chi connectivity index (χ0v) is 12.0. The number of carboxylic acid groups (broad SMARTS) is 1. The Morgan fingerprint density at radius 2 is 2.25 bits per heavy atom. The van der Waals surface area contributed by atoms with Gasteiger partial charge in [0, 0.05) is 17.6 Å². The zero-order valence-electron chi connectivity index (χ0n) is 11.2. The third kappa shape index (κ3) is 2.80. The number of aryl methyl sites for hydroxylation is 1. The van der Waals surface area contributed by atoms with Crippen molar-refractivity contribution in [2.45, 2.75) is 25.7 Å². The number of rotatable bonds is 4. The Labute approximate surface area is 121 Å². The van der Waals surface area contributed by atoms with Gasteiger partial charge in [0.15, 0.2) is 0 Å². The van der Waals surface area contributed by atoms with Crippen LogP contribution in [0.3, 0.4) is 0 Å². The molecule has 1 aliphatic carbocycles. The van der Waals surface area contributed by atoms with Crippen LogP contribution in [0.2, 0.25) is 0 Å². The number of benzene rings is 1. The molecule has 2 aromatic rings. The van der Waals surface area contributed by atoms with Crippen LogP contribution in [0.1, 0.15) is 34.9 Å². The summed E-state index contributed by atoms with van der Waals surface area (Å²) in [6.45, 7) is 2.06. The maximum absolute atomic E-state index is 10.7. The molecule has 1 heterocycles. The fourth-order valence-electron chi connectivity index (χ4n) is 2.16. The highest BCUT2D eigenvalue weighted by Gasteiger charge is 2.29. The molecule has 3 rings (SSSR count). The maximum atomic E-state index is 10.7. The van der Waals surface area contributed by atoms with Crippen molar-refractivity contribution in [2.24, 2.45) is 0 Å². The number of thiazole rings is 1. The molecule has 0 amide bonds. The van der Waals surface area contributed by atoms with Gasteiger partial charge in [0.1, 0.15) is 5.01 Å². The number of nitrogens with zero attached hydrogens (tertiary/aromatic N) is 1. The highest BCUT2D eigenvalue weighted by Crippen LogP contribution is 2.44. The molecule has 0 atom stereocenters. The quantitative estimate of drug-likeness (QED) is 0.861. The second-order valence-electron chi connectivity index (χ2n) is 5.08. The number of hydrogen-bond acceptors (Lipinski definition) is 3. The van der Waals surface area contributed by atoms with Crippen LogP contribution in [0.5, 0.6) is 0 Å². The summed E-state index contributed by atoms with van der Waals surface area (Å²) in [6, 6.07) is 8.24. The zero-order chi connectivity index (χ0) is 14.1. The molecule has 0 unspecified atom stereocenters. The summed E-state index contributed by atoms with van der Waals surface area (Å²) in [5.74, 6) is -0.407. The van der Waals surface area contributed by atoms with Crippen molar-refractivity contribution in [3.63, 3.8) is 0 Å². The van der Waals surface area contributed by atoms with E-state index in [1.807, 2.05) is 12.1 Å². The predicted octanol–water partition coefficient (Wildman–Crippen LogP) is 4.09. The maximum Gasteiger partial charge on any atom is 0.328 e. The van der Waals surface area contributed by atoms with Crippen molar-refractivity contribution in [1.82, 2.24) is 4.98 Å². The summed E-state index contributed by atoms with van der Waals surface area (Å²) in [7, 11) is 0. The Hall–Kier alpha value is -1.94. The molecule has 0 spiro atoms. The Morgan fingerprint density at radius 1 is 1.45 bits per heavy atom. The molecule has 3 nitrogen and oxygen atoms in total. The van der Waals surface area contributed by atoms with Crippen molar-refractivity contribution < 1.29 is 9.90 Å². The Bertz CT molecular complexity index is 684. The van der Waals surface area contributed by atoms with E-state index in [-0.39, 0.29) is 0 Å². The van der Waals surface area contributed by atoms with E-state index in [0.717, 1.165) is 34.0 Å². The monoisotopic (exact) mass is 285 g/mol. The summed E-state index contributed by atoms with van der Waals surface area (Å²) in [5, 5.41) is 9.75. The molecule has 0 aliphatic heterocycles. The van der Waals surface area contributed by atoms with E-state index in [1.165, 1.54) is 11.6 Å². The normalized spacial score (nSPS) is 14.8. The van der Waals surface area contributed by atoms with Gasteiger partial charge in [-0.25, -0.2) is 9.78 Å². The van der Waals surface area contributed by atoms with Gasteiger partial charge in [0.05, 0.1) is 10.6 Å². The molecule has 0 radical (unpaired) electrons. The van der Waals surface area contributed by atoms with E-state index in [0.29, 0.717) is 5.92 Å². The lowest BCUT2D eigenvalue weighted by Gasteiger charge is -1.97. The molecule has 1 aliphatic rings. The Kier molecular flexibility index (Phi) is 3.40. The minimum atomic E-state index is -0.919. The van der Waals surface area contributed by atoms with Crippen LogP contribution in [0.15, 0.2) is 30.3 Å². The average Bonchev–Trinajstić information content (AvgIpc) is 3.16. The van der Waals surface area contributed by atoms with E-state index in [1.54, 1.807) is 17.4 Å². The van der Waals surface area contributed by atoms with Crippen LogP contribution in [0, 0.1) is 6.92 Å². The first-order valence-electron chi connectivity index (χ1n) is 6.62. The number of aromatic nitrogens is 1. The molecular formula is C16H15NO2S. The second-order valence-corrected chi connectivity index (χ2v) is 6.11. The molecule has 1 aromatic heterocycles. The van der Waals surface area contributed by atoms with E-state index in [4.69, 9.17) is 10.1 Å². The fraction of sp³-hybridized carbons (Fsp3) is 0.250. The minimum absolute atomic E-state index is 0.512. The number of carboxylic acids is 1. The summed E-state index contributed by atoms with van der Waals surface area (Å²) in [6.07, 6.45) is 5.18. The van der Waals surface area contributed by atoms with Crippen LogP contribution in [0.4, 0.5) is 0 Å². The largest absolute Gasteiger partial charge is 0.478 e. The van der Waals surface area contributed by atoms with E-state index in [2.05, 4.69) is 19.1 Å². The standard InChI is InChI=1S/C16H15NO2S/c1-10-3-2-4-12(9-10)16-17-15(11-5-6-11)13(20-16)7-8-14(18)19/h2-4,7-9,11H,5-6H2,1H3,(H,18,19)/b8-7+. The lowest BCUT2D eigenvalue weighted by atomic mass is 10.1. The lowest BCUT2D eigenvalue weighted by Crippen LogP contribution is -1.87. The summed E-state index contributed by atoms with van der Waals surface area (Å²) >= 11 is 1.57. The van der Waals surface area contributed by atoms with Crippen LogP contribution < -0.4 is 0 Å². The van der Waals surface area contributed by atoms with Gasteiger partial charge in [0.2, 0.25) is 0 Å². The molecule has 1 fully saturated rings. The van der Waals surface area contributed by atoms with Crippen molar-refractivity contribution in [3.05, 3.63) is 46.5 Å². The van der Waals surface area contributed by atoms with Crippen molar-refractivity contribution in [2.75, 3.05) is 0 Å². The third-order valence-electron chi connectivity index (χ3n) is 3.29. The van der Waals surface area contributed by atoms with Gasteiger partial charge in [-0.05, 0) is 31.9 Å². The molecule has 1 N–H and O–H groups in total. The molecule has 1 aromatic carbocycles. The molecular weight excluding hydrogens is 270 g/mol. The van der Waals surface area contributed by atoms with Crippen LogP contribution in [-0.2, 0) is 4.79 Å². The van der Waals surface area contributed by atoms with Crippen LogP contribution in [-0.4, -0.2) is 16.1 Å². The van der Waals surface area contributed by atoms with Crippen molar-refractivity contribution >= 4 is 23.4 Å². The van der Waals surface area contributed by atoms with Crippen molar-refractivity contribution in [1.29, 1.82) is 0 Å². The Balaban J connectivity index is 2.00. The van der Waals surface area contributed by atoms with Crippen LogP contribution in [0.25, 0.3) is 16.6 Å². The SMILES string of the molecule is Cc1cccc(-c2nc(C3CC3)c(/C=C/C(=O)O)s2)c1. The summed E-state index contributed by atoms with van der Waals surface area (Å²) in [4.78, 5) is 16.4. The first kappa shape index (κ1) is 13.1. The van der Waals surface area contributed by atoms with Crippen molar-refractivity contribution in [3.8, 4) is 10.6 Å². The minimum Gasteiger partial charge on any atom is -0.478 e. The second kappa shape index (κ2) is 5.21. The van der Waals surface area contributed by atoms with Gasteiger partial charge in [-0.1, -0.05) is 23.8 Å². The first-order chi connectivity index (χ1) is 9.63.